The number of carbonyl (C=O) groups is 2. The smallest absolute Gasteiger partial charge is 0.263 e. The van der Waals surface area contributed by atoms with E-state index >= 15 is 0 Å². The summed E-state index contributed by atoms with van der Waals surface area (Å²) in [6.45, 7) is 3.94. The third-order valence-corrected chi connectivity index (χ3v) is 5.23. The van der Waals surface area contributed by atoms with E-state index in [2.05, 4.69) is 106 Å². The molecule has 0 spiro atoms. The van der Waals surface area contributed by atoms with Crippen molar-refractivity contribution >= 4 is 119 Å². The molecule has 0 fully saturated rings. The van der Waals surface area contributed by atoms with Gasteiger partial charge in [0.05, 0.1) is 0 Å². The number of carbonyl (C=O) groups excluding carboxylic acids is 2. The largest absolute Gasteiger partial charge is 0.323 e. The Morgan fingerprint density at radius 2 is 1.00 bits per heavy atom. The van der Waals surface area contributed by atoms with Crippen molar-refractivity contribution in [2.75, 3.05) is 10.6 Å². The fourth-order valence-corrected chi connectivity index (χ4v) is 2.44. The van der Waals surface area contributed by atoms with E-state index in [4.69, 9.17) is 0 Å². The van der Waals surface area contributed by atoms with E-state index in [1.54, 1.807) is 0 Å². The molecule has 10 heteroatoms. The second-order valence-electron chi connectivity index (χ2n) is 5.64. The van der Waals surface area contributed by atoms with Crippen LogP contribution in [0.3, 0.4) is 0 Å². The summed E-state index contributed by atoms with van der Waals surface area (Å²) in [5, 5.41) is 5.49. The van der Waals surface area contributed by atoms with Gasteiger partial charge in [-0.2, -0.15) is 0 Å². The molecule has 2 aromatic carbocycles. The summed E-state index contributed by atoms with van der Waals surface area (Å²) in [6, 6.07) is 15.2. The van der Waals surface area contributed by atoms with Gasteiger partial charge < -0.3 is 10.6 Å². The fraction of sp³-hybridized carbons (Fsp3) is 0.222. The van der Waals surface area contributed by atoms with Crippen LogP contribution >= 0.6 is 95.6 Å². The number of anilines is 2. The summed E-state index contributed by atoms with van der Waals surface area (Å²) in [6.07, 6.45) is 0. The van der Waals surface area contributed by atoms with Crippen molar-refractivity contribution in [2.24, 2.45) is 0 Å². The lowest BCUT2D eigenvalue weighted by atomic mass is 10.2. The molecule has 2 aromatic rings. The van der Waals surface area contributed by atoms with Crippen LogP contribution in [-0.4, -0.2) is 16.1 Å². The van der Waals surface area contributed by atoms with Gasteiger partial charge in [0.15, 0.2) is 0 Å². The molecule has 2 amide bonds. The Kier molecular flexibility index (Phi) is 10.9. The molecule has 0 heterocycles. The van der Waals surface area contributed by atoms with Crippen LogP contribution in [0, 0.1) is 13.8 Å². The van der Waals surface area contributed by atoms with E-state index in [1.165, 1.54) is 0 Å². The van der Waals surface area contributed by atoms with Crippen molar-refractivity contribution in [2.45, 2.75) is 18.1 Å². The number of hydrogen-bond donors (Lipinski definition) is 2. The Labute approximate surface area is 214 Å². The molecule has 0 saturated carbocycles. The van der Waals surface area contributed by atoms with Crippen LogP contribution in [0.1, 0.15) is 11.1 Å². The van der Waals surface area contributed by atoms with Crippen LogP contribution in [0.25, 0.3) is 0 Å². The van der Waals surface area contributed by atoms with Crippen LogP contribution in [0.5, 0.6) is 0 Å². The van der Waals surface area contributed by atoms with Crippen LogP contribution in [0.4, 0.5) is 11.4 Å². The lowest BCUT2D eigenvalue weighted by Gasteiger charge is -2.12. The molecule has 0 aliphatic carbocycles. The van der Waals surface area contributed by atoms with E-state index in [1.807, 2.05) is 62.4 Å². The first kappa shape index (κ1) is 26.3. The number of alkyl halides is 6. The number of nitrogens with one attached hydrogen (secondary N) is 2. The predicted molar refractivity (Wildman–Crippen MR) is 139 cm³/mol. The highest BCUT2D eigenvalue weighted by Gasteiger charge is 2.29. The molecule has 0 unspecified atom stereocenters. The topological polar surface area (TPSA) is 58.2 Å². The molecule has 0 atom stereocenters. The monoisotopic (exact) mass is 766 g/mol. The number of hydrogen-bond acceptors (Lipinski definition) is 2. The van der Waals surface area contributed by atoms with Crippen molar-refractivity contribution in [3.8, 4) is 0 Å². The van der Waals surface area contributed by atoms with Crippen LogP contribution in [0.2, 0.25) is 0 Å². The van der Waals surface area contributed by atoms with Crippen LogP contribution < -0.4 is 10.6 Å². The van der Waals surface area contributed by atoms with E-state index < -0.39 is 4.29 Å². The number of halogens is 6. The molecule has 0 aliphatic heterocycles. The molecule has 152 valence electrons. The zero-order valence-electron chi connectivity index (χ0n) is 14.7. The van der Waals surface area contributed by atoms with Crippen LogP contribution in [0.15, 0.2) is 48.5 Å². The highest BCUT2D eigenvalue weighted by Crippen LogP contribution is 2.35. The highest BCUT2D eigenvalue weighted by atomic mass is 80.0. The third kappa shape index (κ3) is 10.3. The molecular weight excluding hydrogens is 756 g/mol. The maximum atomic E-state index is 11.5. The van der Waals surface area contributed by atoms with Crippen molar-refractivity contribution < 1.29 is 9.59 Å². The molecule has 0 aliphatic rings. The molecule has 28 heavy (non-hydrogen) atoms. The number of benzene rings is 2. The predicted octanol–water partition coefficient (Wildman–Crippen LogP) is 7.54. The van der Waals surface area contributed by atoms with E-state index in [0.717, 1.165) is 22.5 Å². The van der Waals surface area contributed by atoms with Crippen molar-refractivity contribution in [1.29, 1.82) is 0 Å². The standard InChI is InChI=1S/2C9H8Br3NO/c2*1-6-3-2-4-7(5-6)13-8(14)9(10,11)12/h2*2-5H,1H3,(H,13,14). The van der Waals surface area contributed by atoms with Crippen molar-refractivity contribution in [3.63, 3.8) is 0 Å². The Balaban J connectivity index is 0.000000280. The van der Waals surface area contributed by atoms with Crippen molar-refractivity contribution in [1.82, 2.24) is 0 Å². The molecule has 4 nitrogen and oxygen atoms in total. The first-order chi connectivity index (χ1) is 12.8. The van der Waals surface area contributed by atoms with Gasteiger partial charge >= 0.3 is 0 Å². The molecule has 0 saturated heterocycles. The van der Waals surface area contributed by atoms with E-state index in [-0.39, 0.29) is 11.8 Å². The Bertz CT molecular complexity index is 762. The van der Waals surface area contributed by atoms with Gasteiger partial charge in [0.25, 0.3) is 11.8 Å². The van der Waals surface area contributed by atoms with Gasteiger partial charge in [-0.05, 0) is 145 Å². The summed E-state index contributed by atoms with van der Waals surface area (Å²) in [7, 11) is 0. The zero-order valence-corrected chi connectivity index (χ0v) is 24.2. The summed E-state index contributed by atoms with van der Waals surface area (Å²) in [4.78, 5) is 23.0. The molecule has 0 radical (unpaired) electrons. The molecule has 0 bridgehead atoms. The van der Waals surface area contributed by atoms with Gasteiger partial charge in [-0.25, -0.2) is 0 Å². The number of aryl methyl sites for hydroxylation is 2. The van der Waals surface area contributed by atoms with Gasteiger partial charge in [-0.15, -0.1) is 0 Å². The van der Waals surface area contributed by atoms with E-state index in [9.17, 15) is 9.59 Å². The average Bonchev–Trinajstić information content (AvgIpc) is 2.53. The minimum atomic E-state index is -0.906. The van der Waals surface area contributed by atoms with Gasteiger partial charge in [0.2, 0.25) is 4.29 Å². The Morgan fingerprint density at radius 3 is 1.25 bits per heavy atom. The second kappa shape index (κ2) is 11.6. The fourth-order valence-electron chi connectivity index (χ4n) is 1.85. The molecular formula is C18H16Br6N2O2. The minimum absolute atomic E-state index is 0.205. The summed E-state index contributed by atoms with van der Waals surface area (Å²) in [5.41, 5.74) is 3.76. The zero-order chi connectivity index (χ0) is 21.5. The maximum absolute atomic E-state index is 11.5. The second-order valence-corrected chi connectivity index (χ2v) is 19.2. The summed E-state index contributed by atoms with van der Waals surface area (Å²) in [5.74, 6) is -0.411. The van der Waals surface area contributed by atoms with Gasteiger partial charge in [0, 0.05) is 11.4 Å². The van der Waals surface area contributed by atoms with Crippen LogP contribution in [-0.2, 0) is 9.59 Å². The normalized spacial score (nSPS) is 11.1. The van der Waals surface area contributed by atoms with Gasteiger partial charge in [0.1, 0.15) is 0 Å². The molecule has 2 rings (SSSR count). The molecule has 2 N–H and O–H groups in total. The lowest BCUT2D eigenvalue weighted by molar-refractivity contribution is -0.115. The highest BCUT2D eigenvalue weighted by molar-refractivity contribution is 9.40. The molecule has 0 aromatic heterocycles. The van der Waals surface area contributed by atoms with Gasteiger partial charge in [-0.3, -0.25) is 9.59 Å². The Hall–Kier alpha value is 0.260. The first-order valence-corrected chi connectivity index (χ1v) is 12.4. The average molecular weight is 772 g/mol. The minimum Gasteiger partial charge on any atom is -0.323 e. The first-order valence-electron chi connectivity index (χ1n) is 7.68. The van der Waals surface area contributed by atoms with Crippen molar-refractivity contribution in [3.05, 3.63) is 59.7 Å². The van der Waals surface area contributed by atoms with Gasteiger partial charge in [-0.1, -0.05) is 24.3 Å². The SMILES string of the molecule is Cc1cccc(NC(=O)C(Br)(Br)Br)c1.Cc1cccc(NC(=O)C(Br)(Br)Br)c1. The number of amides is 2. The quantitative estimate of drug-likeness (QED) is 0.310. The lowest BCUT2D eigenvalue weighted by Crippen LogP contribution is -2.25. The van der Waals surface area contributed by atoms with E-state index in [0.29, 0.717) is 0 Å². The number of rotatable bonds is 2. The summed E-state index contributed by atoms with van der Waals surface area (Å²) < 4.78 is -1.81. The third-order valence-electron chi connectivity index (χ3n) is 3.07. The maximum Gasteiger partial charge on any atom is 0.263 e. The summed E-state index contributed by atoms with van der Waals surface area (Å²) >= 11 is 18.8. The Morgan fingerprint density at radius 1 is 0.679 bits per heavy atom.